The number of aromatic nitrogens is 2. The molecule has 0 fully saturated rings. The van der Waals surface area contributed by atoms with Gasteiger partial charge < -0.3 is 4.74 Å². The Morgan fingerprint density at radius 3 is 2.71 bits per heavy atom. The molecular formula is C16H13BrN2O2. The van der Waals surface area contributed by atoms with Crippen LogP contribution in [0.1, 0.15) is 17.4 Å². The molecule has 0 N–H and O–H groups in total. The number of carbonyl (C=O) groups excluding carboxylic acids is 1. The highest BCUT2D eigenvalue weighted by molar-refractivity contribution is 9.10. The molecule has 0 spiro atoms. The van der Waals surface area contributed by atoms with Gasteiger partial charge in [0.05, 0.1) is 12.1 Å². The van der Waals surface area contributed by atoms with E-state index < -0.39 is 5.97 Å². The number of pyridine rings is 1. The molecule has 0 saturated carbocycles. The maximum absolute atomic E-state index is 12.1. The van der Waals surface area contributed by atoms with Crippen molar-refractivity contribution in [2.75, 3.05) is 6.61 Å². The monoisotopic (exact) mass is 344 g/mol. The number of benzene rings is 1. The molecule has 0 aliphatic rings. The number of ether oxygens (including phenoxy) is 1. The molecule has 0 aliphatic heterocycles. The lowest BCUT2D eigenvalue weighted by molar-refractivity contribution is 0.0522. The van der Waals surface area contributed by atoms with Crippen molar-refractivity contribution in [2.45, 2.75) is 6.92 Å². The minimum atomic E-state index is -0.399. The van der Waals surface area contributed by atoms with E-state index in [1.807, 2.05) is 53.1 Å². The topological polar surface area (TPSA) is 43.6 Å². The standard InChI is InChI=1S/C16H13BrN2O2/c1-2-21-16(20)14-13-5-3-4-10-19(13)15(18-14)11-6-8-12(17)9-7-11/h3-10H,2H2,1H3. The molecular weight excluding hydrogens is 332 g/mol. The van der Waals surface area contributed by atoms with E-state index in [4.69, 9.17) is 4.74 Å². The number of esters is 1. The summed E-state index contributed by atoms with van der Waals surface area (Å²) >= 11 is 3.42. The number of imidazole rings is 1. The molecule has 0 aliphatic carbocycles. The van der Waals surface area contributed by atoms with Crippen LogP contribution in [0.2, 0.25) is 0 Å². The van der Waals surface area contributed by atoms with E-state index in [2.05, 4.69) is 20.9 Å². The predicted molar refractivity (Wildman–Crippen MR) is 84.3 cm³/mol. The third-order valence-corrected chi connectivity index (χ3v) is 3.65. The van der Waals surface area contributed by atoms with Gasteiger partial charge >= 0.3 is 5.97 Å². The first kappa shape index (κ1) is 13.8. The Morgan fingerprint density at radius 1 is 1.24 bits per heavy atom. The highest BCUT2D eigenvalue weighted by Crippen LogP contribution is 2.24. The predicted octanol–water partition coefficient (Wildman–Crippen LogP) is 3.94. The van der Waals surface area contributed by atoms with Gasteiger partial charge in [0.2, 0.25) is 0 Å². The van der Waals surface area contributed by atoms with Crippen molar-refractivity contribution >= 4 is 27.4 Å². The number of nitrogens with zero attached hydrogens (tertiary/aromatic N) is 2. The average Bonchev–Trinajstić information content (AvgIpc) is 2.88. The lowest BCUT2D eigenvalue weighted by atomic mass is 10.2. The van der Waals surface area contributed by atoms with Crippen molar-refractivity contribution in [2.24, 2.45) is 0 Å². The summed E-state index contributed by atoms with van der Waals surface area (Å²) in [5.41, 5.74) is 2.03. The summed E-state index contributed by atoms with van der Waals surface area (Å²) in [5, 5.41) is 0. The van der Waals surface area contributed by atoms with Crippen molar-refractivity contribution in [1.82, 2.24) is 9.38 Å². The van der Waals surface area contributed by atoms with Crippen LogP contribution in [0.3, 0.4) is 0 Å². The van der Waals surface area contributed by atoms with Crippen LogP contribution in [0, 0.1) is 0 Å². The quantitative estimate of drug-likeness (QED) is 0.676. The number of hydrogen-bond donors (Lipinski definition) is 0. The molecule has 3 rings (SSSR count). The molecule has 4 nitrogen and oxygen atoms in total. The van der Waals surface area contributed by atoms with Crippen LogP contribution in [0.4, 0.5) is 0 Å². The molecule has 106 valence electrons. The van der Waals surface area contributed by atoms with Crippen molar-refractivity contribution in [3.05, 3.63) is 58.8 Å². The van der Waals surface area contributed by atoms with Crippen molar-refractivity contribution in [1.29, 1.82) is 0 Å². The molecule has 0 bridgehead atoms. The Kier molecular flexibility index (Phi) is 3.75. The van der Waals surface area contributed by atoms with Crippen molar-refractivity contribution in [3.63, 3.8) is 0 Å². The number of fused-ring (bicyclic) bond motifs is 1. The molecule has 0 saturated heterocycles. The molecule has 1 aromatic carbocycles. The second-order valence-corrected chi connectivity index (χ2v) is 5.38. The molecule has 0 amide bonds. The van der Waals surface area contributed by atoms with Gasteiger partial charge in [-0.15, -0.1) is 0 Å². The summed E-state index contributed by atoms with van der Waals surface area (Å²) in [7, 11) is 0. The summed E-state index contributed by atoms with van der Waals surface area (Å²) < 4.78 is 7.98. The van der Waals surface area contributed by atoms with Crippen LogP contribution in [-0.2, 0) is 4.74 Å². The van der Waals surface area contributed by atoms with Crippen molar-refractivity contribution < 1.29 is 9.53 Å². The molecule has 5 heteroatoms. The second kappa shape index (κ2) is 5.69. The van der Waals surface area contributed by atoms with Gasteiger partial charge in [-0.2, -0.15) is 0 Å². The first-order chi connectivity index (χ1) is 10.2. The zero-order valence-electron chi connectivity index (χ0n) is 11.4. The largest absolute Gasteiger partial charge is 0.461 e. The molecule has 2 heterocycles. The lowest BCUT2D eigenvalue weighted by Crippen LogP contribution is -2.05. The minimum Gasteiger partial charge on any atom is -0.461 e. The number of halogens is 1. The van der Waals surface area contributed by atoms with E-state index >= 15 is 0 Å². The Labute approximate surface area is 130 Å². The van der Waals surface area contributed by atoms with Crippen LogP contribution < -0.4 is 0 Å². The van der Waals surface area contributed by atoms with Gasteiger partial charge in [-0.3, -0.25) is 4.40 Å². The van der Waals surface area contributed by atoms with Gasteiger partial charge in [0.15, 0.2) is 5.69 Å². The van der Waals surface area contributed by atoms with Crippen LogP contribution in [0.5, 0.6) is 0 Å². The van der Waals surface area contributed by atoms with Crippen LogP contribution in [0.25, 0.3) is 16.9 Å². The zero-order valence-corrected chi connectivity index (χ0v) is 13.0. The smallest absolute Gasteiger partial charge is 0.359 e. The maximum atomic E-state index is 12.1. The second-order valence-electron chi connectivity index (χ2n) is 4.47. The fourth-order valence-electron chi connectivity index (χ4n) is 2.19. The van der Waals surface area contributed by atoms with E-state index in [0.717, 1.165) is 21.4 Å². The van der Waals surface area contributed by atoms with Gasteiger partial charge in [0, 0.05) is 16.2 Å². The van der Waals surface area contributed by atoms with Gasteiger partial charge in [0.25, 0.3) is 0 Å². The van der Waals surface area contributed by atoms with Crippen molar-refractivity contribution in [3.8, 4) is 11.4 Å². The summed E-state index contributed by atoms with van der Waals surface area (Å²) in [6.07, 6.45) is 1.89. The van der Waals surface area contributed by atoms with E-state index in [9.17, 15) is 4.79 Å². The number of rotatable bonds is 3. The molecule has 21 heavy (non-hydrogen) atoms. The minimum absolute atomic E-state index is 0.332. The SMILES string of the molecule is CCOC(=O)c1nc(-c2ccc(Br)cc2)n2ccccc12. The summed E-state index contributed by atoms with van der Waals surface area (Å²) in [5.74, 6) is 0.325. The van der Waals surface area contributed by atoms with E-state index in [-0.39, 0.29) is 0 Å². The Morgan fingerprint density at radius 2 is 2.00 bits per heavy atom. The Hall–Kier alpha value is -2.14. The van der Waals surface area contributed by atoms with Gasteiger partial charge in [-0.1, -0.05) is 34.1 Å². The summed E-state index contributed by atoms with van der Waals surface area (Å²) in [6, 6.07) is 13.5. The fraction of sp³-hybridized carbons (Fsp3) is 0.125. The molecule has 0 unspecified atom stereocenters. The fourth-order valence-corrected chi connectivity index (χ4v) is 2.45. The average molecular weight is 345 g/mol. The highest BCUT2D eigenvalue weighted by Gasteiger charge is 2.18. The van der Waals surface area contributed by atoms with E-state index in [0.29, 0.717) is 12.3 Å². The lowest BCUT2D eigenvalue weighted by Gasteiger charge is -2.01. The van der Waals surface area contributed by atoms with Crippen LogP contribution in [-0.4, -0.2) is 22.0 Å². The molecule has 2 aromatic heterocycles. The Balaban J connectivity index is 2.19. The van der Waals surface area contributed by atoms with Crippen LogP contribution >= 0.6 is 15.9 Å². The molecule has 3 aromatic rings. The third-order valence-electron chi connectivity index (χ3n) is 3.12. The Bertz CT molecular complexity index is 794. The normalized spacial score (nSPS) is 10.8. The highest BCUT2D eigenvalue weighted by atomic mass is 79.9. The van der Waals surface area contributed by atoms with E-state index in [1.54, 1.807) is 6.92 Å². The molecule has 0 atom stereocenters. The van der Waals surface area contributed by atoms with Gasteiger partial charge in [0.1, 0.15) is 5.82 Å². The van der Waals surface area contributed by atoms with Gasteiger partial charge in [-0.05, 0) is 31.2 Å². The maximum Gasteiger partial charge on any atom is 0.359 e. The zero-order chi connectivity index (χ0) is 14.8. The first-order valence-electron chi connectivity index (χ1n) is 6.61. The molecule has 0 radical (unpaired) electrons. The number of hydrogen-bond acceptors (Lipinski definition) is 3. The summed E-state index contributed by atoms with van der Waals surface area (Å²) in [6.45, 7) is 2.12. The third kappa shape index (κ3) is 2.56. The van der Waals surface area contributed by atoms with Crippen LogP contribution in [0.15, 0.2) is 53.1 Å². The van der Waals surface area contributed by atoms with E-state index in [1.165, 1.54) is 0 Å². The van der Waals surface area contributed by atoms with Gasteiger partial charge in [-0.25, -0.2) is 9.78 Å². The first-order valence-corrected chi connectivity index (χ1v) is 7.40. The summed E-state index contributed by atoms with van der Waals surface area (Å²) in [4.78, 5) is 16.5. The number of carbonyl (C=O) groups is 1.